The minimum absolute atomic E-state index is 0.194. The van der Waals surface area contributed by atoms with Gasteiger partial charge in [-0.3, -0.25) is 9.78 Å². The molecule has 0 radical (unpaired) electrons. The van der Waals surface area contributed by atoms with E-state index in [4.69, 9.17) is 20.4 Å². The van der Waals surface area contributed by atoms with Gasteiger partial charge in [-0.1, -0.05) is 42.5 Å². The Morgan fingerprint density at radius 3 is 2.11 bits per heavy atom. The minimum atomic E-state index is -5.08. The molecule has 0 amide bonds. The molecule has 4 aromatic rings. The number of benzene rings is 3. The van der Waals surface area contributed by atoms with Gasteiger partial charge in [-0.25, -0.2) is 4.79 Å². The lowest BCUT2D eigenvalue weighted by molar-refractivity contribution is -0.192. The number of aromatic nitrogens is 1. The van der Waals surface area contributed by atoms with Crippen LogP contribution in [-0.2, 0) is 29.0 Å². The number of hydrogen-bond donors (Lipinski definition) is 2. The third kappa shape index (κ3) is 7.88. The smallest absolute Gasteiger partial charge is 0.475 e. The van der Waals surface area contributed by atoms with Gasteiger partial charge >= 0.3 is 12.1 Å². The lowest BCUT2D eigenvalue weighted by atomic mass is 10.0. The maximum Gasteiger partial charge on any atom is 0.490 e. The first-order chi connectivity index (χ1) is 17.6. The molecule has 3 N–H and O–H groups in total. The van der Waals surface area contributed by atoms with Crippen molar-refractivity contribution >= 4 is 22.7 Å². The fraction of sp³-hybridized carbons (Fsp3) is 0.179. The molecule has 0 aliphatic carbocycles. The van der Waals surface area contributed by atoms with Gasteiger partial charge in [0.25, 0.3) is 0 Å². The molecule has 0 unspecified atom stereocenters. The van der Waals surface area contributed by atoms with Crippen molar-refractivity contribution in [1.82, 2.24) is 4.98 Å². The van der Waals surface area contributed by atoms with Crippen molar-refractivity contribution in [3.63, 3.8) is 0 Å². The number of aryl methyl sites for hydroxylation is 1. The molecule has 0 fully saturated rings. The fourth-order valence-electron chi connectivity index (χ4n) is 3.54. The second kappa shape index (κ2) is 12.1. The number of carboxylic acids is 1. The second-order valence-corrected chi connectivity index (χ2v) is 8.24. The molecule has 0 aliphatic rings. The molecule has 9 heteroatoms. The average molecular weight is 511 g/mol. The molecule has 4 rings (SSSR count). The van der Waals surface area contributed by atoms with Crippen molar-refractivity contribution in [2.24, 2.45) is 5.73 Å². The summed E-state index contributed by atoms with van der Waals surface area (Å²) in [6.07, 6.45) is -2.48. The molecule has 3 aromatic carbocycles. The molecule has 6 nitrogen and oxygen atoms in total. The van der Waals surface area contributed by atoms with E-state index in [1.807, 2.05) is 79.7 Å². The minimum Gasteiger partial charge on any atom is -0.475 e. The van der Waals surface area contributed by atoms with Gasteiger partial charge in [-0.2, -0.15) is 13.2 Å². The zero-order valence-electron chi connectivity index (χ0n) is 20.0. The number of nitrogens with two attached hydrogens (primary N) is 1. The van der Waals surface area contributed by atoms with E-state index < -0.39 is 12.1 Å². The lowest BCUT2D eigenvalue weighted by Gasteiger charge is -2.11. The van der Waals surface area contributed by atoms with Gasteiger partial charge < -0.3 is 15.6 Å². The van der Waals surface area contributed by atoms with Crippen LogP contribution in [0.2, 0.25) is 0 Å². The normalized spacial score (nSPS) is 10.9. The third-order valence-electron chi connectivity index (χ3n) is 5.42. The highest BCUT2D eigenvalue weighted by Gasteiger charge is 2.38. The van der Waals surface area contributed by atoms with Gasteiger partial charge in [0.05, 0.1) is 5.52 Å². The molecular weight excluding hydrogens is 485 g/mol. The van der Waals surface area contributed by atoms with Crippen LogP contribution < -0.4 is 10.5 Å². The van der Waals surface area contributed by atoms with Gasteiger partial charge in [-0.05, 0) is 59.5 Å². The second-order valence-electron chi connectivity index (χ2n) is 8.24. The van der Waals surface area contributed by atoms with Gasteiger partial charge in [0.2, 0.25) is 0 Å². The molecule has 0 saturated carbocycles. The van der Waals surface area contributed by atoms with Crippen molar-refractivity contribution in [3.8, 4) is 11.5 Å². The van der Waals surface area contributed by atoms with Crippen molar-refractivity contribution in [3.05, 3.63) is 101 Å². The van der Waals surface area contributed by atoms with Crippen LogP contribution in [0.1, 0.15) is 22.3 Å². The highest BCUT2D eigenvalue weighted by molar-refractivity contribution is 5.86. The number of Topliss-reactive ketones (excluding diaryl/α,β-unsaturated/α-hetero) is 1. The molecule has 0 aliphatic heterocycles. The zero-order valence-corrected chi connectivity index (χ0v) is 20.0. The van der Waals surface area contributed by atoms with E-state index in [9.17, 15) is 18.0 Å². The monoisotopic (exact) mass is 510 g/mol. The van der Waals surface area contributed by atoms with Crippen LogP contribution >= 0.6 is 0 Å². The van der Waals surface area contributed by atoms with Gasteiger partial charge in [0.1, 0.15) is 17.3 Å². The fourth-order valence-corrected chi connectivity index (χ4v) is 3.54. The number of carbonyl (C=O) groups excluding carboxylic acids is 1. The number of carboxylic acid groups (broad SMARTS) is 1. The van der Waals surface area contributed by atoms with Crippen molar-refractivity contribution in [1.29, 1.82) is 0 Å². The number of pyridine rings is 1. The number of fused-ring (bicyclic) bond motifs is 1. The van der Waals surface area contributed by atoms with E-state index in [-0.39, 0.29) is 5.78 Å². The predicted octanol–water partition coefficient (Wildman–Crippen LogP) is 5.78. The topological polar surface area (TPSA) is 103 Å². The summed E-state index contributed by atoms with van der Waals surface area (Å²) in [6.45, 7) is 2.51. The Labute approximate surface area is 211 Å². The van der Waals surface area contributed by atoms with Gasteiger partial charge in [0, 0.05) is 31.0 Å². The van der Waals surface area contributed by atoms with Gasteiger partial charge in [0.15, 0.2) is 0 Å². The summed E-state index contributed by atoms with van der Waals surface area (Å²) in [5, 5.41) is 8.06. The summed E-state index contributed by atoms with van der Waals surface area (Å²) in [4.78, 5) is 25.7. The summed E-state index contributed by atoms with van der Waals surface area (Å²) in [6, 6.07) is 23.4. The summed E-state index contributed by atoms with van der Waals surface area (Å²) >= 11 is 0. The van der Waals surface area contributed by atoms with Crippen LogP contribution in [0.15, 0.2) is 79.0 Å². The number of aliphatic carboxylic acids is 1. The average Bonchev–Trinajstić information content (AvgIpc) is 2.85. The van der Waals surface area contributed by atoms with Crippen molar-refractivity contribution in [2.75, 3.05) is 0 Å². The van der Waals surface area contributed by atoms with Crippen LogP contribution in [0.5, 0.6) is 11.5 Å². The quantitative estimate of drug-likeness (QED) is 0.327. The molecule has 0 bridgehead atoms. The summed E-state index contributed by atoms with van der Waals surface area (Å²) in [5.74, 6) is -1.11. The first-order valence-electron chi connectivity index (χ1n) is 11.3. The molecule has 1 aromatic heterocycles. The SMILES string of the molecule is Cc1cc2nccc(Oc3ccc(CC(=O)Cc4ccccc4)cc3)c2cc1CN.O=C(O)C(F)(F)F. The highest BCUT2D eigenvalue weighted by Crippen LogP contribution is 2.31. The van der Waals surface area contributed by atoms with Crippen LogP contribution in [-0.4, -0.2) is 28.0 Å². The van der Waals surface area contributed by atoms with Crippen molar-refractivity contribution in [2.45, 2.75) is 32.5 Å². The lowest BCUT2D eigenvalue weighted by Crippen LogP contribution is -2.21. The number of hydrogen-bond acceptors (Lipinski definition) is 5. The van der Waals surface area contributed by atoms with E-state index >= 15 is 0 Å². The van der Waals surface area contributed by atoms with E-state index in [1.165, 1.54) is 0 Å². The Balaban J connectivity index is 0.000000479. The van der Waals surface area contributed by atoms with Crippen molar-refractivity contribution < 1.29 is 32.6 Å². The first kappa shape index (κ1) is 27.3. The number of ether oxygens (including phenoxy) is 1. The maximum absolute atomic E-state index is 12.3. The van der Waals surface area contributed by atoms with Crippen LogP contribution in [0.25, 0.3) is 10.9 Å². The summed E-state index contributed by atoms with van der Waals surface area (Å²) < 4.78 is 37.9. The van der Waals surface area contributed by atoms with Crippen LogP contribution in [0.3, 0.4) is 0 Å². The van der Waals surface area contributed by atoms with E-state index in [0.29, 0.717) is 19.4 Å². The maximum atomic E-state index is 12.3. The number of alkyl halides is 3. The van der Waals surface area contributed by atoms with Gasteiger partial charge in [-0.15, -0.1) is 0 Å². The Hall–Kier alpha value is -4.24. The highest BCUT2D eigenvalue weighted by atomic mass is 19.4. The Morgan fingerprint density at radius 1 is 0.946 bits per heavy atom. The van der Waals surface area contributed by atoms with E-state index in [0.717, 1.165) is 44.7 Å². The Morgan fingerprint density at radius 2 is 1.54 bits per heavy atom. The molecular formula is C28H25F3N2O4. The number of rotatable bonds is 7. The number of nitrogens with zero attached hydrogens (tertiary/aromatic N) is 1. The number of ketones is 1. The van der Waals surface area contributed by atoms with Crippen LogP contribution in [0.4, 0.5) is 13.2 Å². The molecule has 0 saturated heterocycles. The first-order valence-corrected chi connectivity index (χ1v) is 11.3. The predicted molar refractivity (Wildman–Crippen MR) is 133 cm³/mol. The third-order valence-corrected chi connectivity index (χ3v) is 5.42. The molecule has 0 atom stereocenters. The van der Waals surface area contributed by atoms with E-state index in [2.05, 4.69) is 4.98 Å². The molecule has 37 heavy (non-hydrogen) atoms. The molecule has 192 valence electrons. The largest absolute Gasteiger partial charge is 0.490 e. The Bertz CT molecular complexity index is 1370. The Kier molecular flexibility index (Phi) is 8.97. The summed E-state index contributed by atoms with van der Waals surface area (Å²) in [5.41, 5.74) is 11.0. The molecule has 1 heterocycles. The van der Waals surface area contributed by atoms with E-state index in [1.54, 1.807) is 6.20 Å². The molecule has 0 spiro atoms. The van der Waals surface area contributed by atoms with Crippen LogP contribution in [0, 0.1) is 6.92 Å². The number of halogens is 3. The number of carbonyl (C=O) groups is 2. The zero-order chi connectivity index (χ0) is 27.0. The summed E-state index contributed by atoms with van der Waals surface area (Å²) in [7, 11) is 0. The standard InChI is InChI=1S/C26H24N2O2.C2HF3O2/c1-18-13-25-24(16-21(18)17-27)26(11-12-28-25)30-23-9-7-20(8-10-23)15-22(29)14-19-5-3-2-4-6-19;3-2(4,5)1(6)7/h2-13,16H,14-15,17,27H2,1H3;(H,6,7).